The molecular weight excluding hydrogens is 486 g/mol. The number of nitrogens with zero attached hydrogens (tertiary/aromatic N) is 3. The van der Waals surface area contributed by atoms with Gasteiger partial charge in [-0.05, 0) is 33.0 Å². The number of nitriles is 1. The zero-order valence-electron chi connectivity index (χ0n) is 10.8. The molecule has 10 heteroatoms. The lowest BCUT2D eigenvalue weighted by molar-refractivity contribution is -0.137. The number of aromatic nitrogens is 2. The summed E-state index contributed by atoms with van der Waals surface area (Å²) >= 11 is 18.2. The Morgan fingerprint density at radius 1 is 1.30 bits per heavy atom. The van der Waals surface area contributed by atoms with Crippen molar-refractivity contribution < 1.29 is 13.2 Å². The van der Waals surface area contributed by atoms with Gasteiger partial charge < -0.3 is 0 Å². The Kier molecular flexibility index (Phi) is 5.46. The molecule has 0 saturated carbocycles. The third-order valence-corrected chi connectivity index (χ3v) is 5.05. The molecular formula is C13H4Br2Cl2F3N3. The van der Waals surface area contributed by atoms with Gasteiger partial charge in [0.15, 0.2) is 5.69 Å². The Balaban J connectivity index is 2.65. The molecule has 1 aromatic heterocycles. The second-order valence-electron chi connectivity index (χ2n) is 4.19. The first-order valence-corrected chi connectivity index (χ1v) is 8.18. The molecule has 1 heterocycles. The van der Waals surface area contributed by atoms with E-state index in [9.17, 15) is 13.2 Å². The monoisotopic (exact) mass is 487 g/mol. The second kappa shape index (κ2) is 6.85. The molecule has 0 amide bonds. The van der Waals surface area contributed by atoms with Crippen molar-refractivity contribution in [3.8, 4) is 11.8 Å². The highest BCUT2D eigenvalue weighted by atomic mass is 79.9. The van der Waals surface area contributed by atoms with Crippen LogP contribution in [0.5, 0.6) is 0 Å². The maximum Gasteiger partial charge on any atom is 0.416 e. The lowest BCUT2D eigenvalue weighted by Crippen LogP contribution is -2.07. The summed E-state index contributed by atoms with van der Waals surface area (Å²) in [5.74, 6) is 0. The molecule has 3 nitrogen and oxygen atoms in total. The lowest BCUT2D eigenvalue weighted by Gasteiger charge is -2.12. The maximum absolute atomic E-state index is 12.8. The standard InChI is InChI=1S/C13H4Br2Cl2F3N3/c14-3-8(15)7-5-23(22-11(7)4-21)12-9(16)1-6(2-10(12)17)13(18,19)20/h1-3,5H/b8-3+. The van der Waals surface area contributed by atoms with E-state index in [1.54, 1.807) is 0 Å². The number of halogens is 7. The molecule has 2 aromatic rings. The molecule has 0 bridgehead atoms. The number of alkyl halides is 3. The van der Waals surface area contributed by atoms with Crippen molar-refractivity contribution in [1.82, 2.24) is 9.78 Å². The first-order valence-electron chi connectivity index (χ1n) is 5.71. The van der Waals surface area contributed by atoms with Crippen molar-refractivity contribution in [3.63, 3.8) is 0 Å². The van der Waals surface area contributed by atoms with Crippen LogP contribution in [0, 0.1) is 11.3 Å². The van der Waals surface area contributed by atoms with E-state index in [-0.39, 0.29) is 21.4 Å². The van der Waals surface area contributed by atoms with E-state index in [2.05, 4.69) is 37.0 Å². The quantitative estimate of drug-likeness (QED) is 0.507. The van der Waals surface area contributed by atoms with Crippen molar-refractivity contribution in [2.45, 2.75) is 6.18 Å². The van der Waals surface area contributed by atoms with Crippen molar-refractivity contribution >= 4 is 59.5 Å². The summed E-state index contributed by atoms with van der Waals surface area (Å²) in [5, 5.41) is 12.6. The zero-order chi connectivity index (χ0) is 17.4. The Morgan fingerprint density at radius 3 is 2.30 bits per heavy atom. The van der Waals surface area contributed by atoms with E-state index < -0.39 is 11.7 Å². The molecule has 0 aliphatic rings. The van der Waals surface area contributed by atoms with Gasteiger partial charge >= 0.3 is 6.18 Å². The van der Waals surface area contributed by atoms with Gasteiger partial charge in [-0.1, -0.05) is 39.1 Å². The summed E-state index contributed by atoms with van der Waals surface area (Å²) in [6, 6.07) is 3.40. The highest BCUT2D eigenvalue weighted by Crippen LogP contribution is 2.38. The molecule has 0 aliphatic heterocycles. The lowest BCUT2D eigenvalue weighted by atomic mass is 10.2. The van der Waals surface area contributed by atoms with E-state index in [4.69, 9.17) is 28.5 Å². The van der Waals surface area contributed by atoms with Crippen molar-refractivity contribution in [1.29, 1.82) is 5.26 Å². The van der Waals surface area contributed by atoms with E-state index in [0.717, 1.165) is 16.8 Å². The van der Waals surface area contributed by atoms with Gasteiger partial charge in [0.25, 0.3) is 0 Å². The summed E-state index contributed by atoms with van der Waals surface area (Å²) in [6.07, 6.45) is -3.14. The largest absolute Gasteiger partial charge is 0.416 e. The number of benzene rings is 1. The molecule has 0 atom stereocenters. The van der Waals surface area contributed by atoms with Crippen LogP contribution in [0.1, 0.15) is 16.8 Å². The molecule has 1 aromatic carbocycles. The Hall–Kier alpha value is -1.01. The van der Waals surface area contributed by atoms with E-state index in [1.807, 2.05) is 6.07 Å². The summed E-state index contributed by atoms with van der Waals surface area (Å²) in [6.45, 7) is 0. The van der Waals surface area contributed by atoms with Crippen LogP contribution in [0.2, 0.25) is 10.0 Å². The maximum atomic E-state index is 12.8. The highest BCUT2D eigenvalue weighted by molar-refractivity contribution is 9.16. The van der Waals surface area contributed by atoms with Gasteiger partial charge in [-0.2, -0.15) is 23.5 Å². The van der Waals surface area contributed by atoms with Gasteiger partial charge in [-0.3, -0.25) is 0 Å². The van der Waals surface area contributed by atoms with Crippen LogP contribution in [0.4, 0.5) is 13.2 Å². The van der Waals surface area contributed by atoms with Crippen LogP contribution < -0.4 is 0 Å². The van der Waals surface area contributed by atoms with Gasteiger partial charge in [0.05, 0.1) is 15.6 Å². The fourth-order valence-corrected chi connectivity index (χ4v) is 2.95. The number of rotatable bonds is 2. The van der Waals surface area contributed by atoms with Crippen LogP contribution in [-0.4, -0.2) is 9.78 Å². The molecule has 0 fully saturated rings. The predicted molar refractivity (Wildman–Crippen MR) is 89.1 cm³/mol. The van der Waals surface area contributed by atoms with Gasteiger partial charge in [0, 0.05) is 16.2 Å². The molecule has 0 N–H and O–H groups in total. The zero-order valence-corrected chi connectivity index (χ0v) is 15.5. The van der Waals surface area contributed by atoms with Crippen molar-refractivity contribution in [3.05, 3.63) is 50.2 Å². The van der Waals surface area contributed by atoms with Crippen LogP contribution in [0.3, 0.4) is 0 Å². The minimum Gasteiger partial charge on any atom is -0.236 e. The number of hydrogen-bond acceptors (Lipinski definition) is 2. The van der Waals surface area contributed by atoms with E-state index in [1.165, 1.54) is 11.2 Å². The first kappa shape index (κ1) is 18.3. The van der Waals surface area contributed by atoms with Crippen molar-refractivity contribution in [2.75, 3.05) is 0 Å². The van der Waals surface area contributed by atoms with Crippen LogP contribution in [-0.2, 0) is 6.18 Å². The molecule has 120 valence electrons. The third kappa shape index (κ3) is 3.74. The molecule has 23 heavy (non-hydrogen) atoms. The first-order chi connectivity index (χ1) is 10.7. The number of hydrogen-bond donors (Lipinski definition) is 0. The van der Waals surface area contributed by atoms with Crippen molar-refractivity contribution in [2.24, 2.45) is 0 Å². The van der Waals surface area contributed by atoms with Gasteiger partial charge in [0.1, 0.15) is 11.8 Å². The molecule has 0 saturated heterocycles. The molecule has 0 aliphatic carbocycles. The summed E-state index contributed by atoms with van der Waals surface area (Å²) < 4.78 is 40.0. The van der Waals surface area contributed by atoms with Crippen LogP contribution in [0.25, 0.3) is 10.2 Å². The minimum atomic E-state index is -4.57. The summed E-state index contributed by atoms with van der Waals surface area (Å²) in [5.41, 5.74) is -0.430. The van der Waals surface area contributed by atoms with Crippen LogP contribution in [0.15, 0.2) is 23.3 Å². The second-order valence-corrected chi connectivity index (χ2v) is 6.32. The summed E-state index contributed by atoms with van der Waals surface area (Å²) in [7, 11) is 0. The molecule has 0 unspecified atom stereocenters. The third-order valence-electron chi connectivity index (χ3n) is 2.75. The fourth-order valence-electron chi connectivity index (χ4n) is 1.75. The van der Waals surface area contributed by atoms with Gasteiger partial charge in [-0.25, -0.2) is 4.68 Å². The fraction of sp³-hybridized carbons (Fsp3) is 0.0769. The smallest absolute Gasteiger partial charge is 0.236 e. The Morgan fingerprint density at radius 2 is 1.87 bits per heavy atom. The minimum absolute atomic E-state index is 0.0546. The molecule has 0 radical (unpaired) electrons. The summed E-state index contributed by atoms with van der Waals surface area (Å²) in [4.78, 5) is 1.52. The Bertz CT molecular complexity index is 815. The van der Waals surface area contributed by atoms with Crippen LogP contribution >= 0.6 is 55.1 Å². The molecule has 2 rings (SSSR count). The topological polar surface area (TPSA) is 41.6 Å². The Labute approximate surface area is 155 Å². The predicted octanol–water partition coefficient (Wildman–Crippen LogP) is 6.16. The average Bonchev–Trinajstić information content (AvgIpc) is 2.88. The van der Waals surface area contributed by atoms with Gasteiger partial charge in [-0.15, -0.1) is 0 Å². The molecule has 0 spiro atoms. The van der Waals surface area contributed by atoms with Gasteiger partial charge in [0.2, 0.25) is 0 Å². The normalized spacial score (nSPS) is 12.3. The van der Waals surface area contributed by atoms with E-state index >= 15 is 0 Å². The van der Waals surface area contributed by atoms with E-state index in [0.29, 0.717) is 10.0 Å². The highest BCUT2D eigenvalue weighted by Gasteiger charge is 2.32. The SMILES string of the molecule is N#Cc1nn(-c2c(Cl)cc(C(F)(F)F)cc2Cl)cc1/C(Br)=C\Br. The average molecular weight is 490 g/mol.